The molecule has 1 heterocycles. The Labute approximate surface area is 47.9 Å². The van der Waals surface area contributed by atoms with Crippen molar-refractivity contribution in [3.63, 3.8) is 0 Å². The molecule has 0 spiro atoms. The van der Waals surface area contributed by atoms with E-state index < -0.39 is 6.10 Å². The van der Waals surface area contributed by atoms with Gasteiger partial charge in [0, 0.05) is 13.6 Å². The van der Waals surface area contributed by atoms with E-state index in [1.165, 1.54) is 4.90 Å². The number of aliphatic hydroxyl groups is 1. The lowest BCUT2D eigenvalue weighted by atomic mass is 10.3. The number of nitrogens with zero attached hydrogens (tertiary/aromatic N) is 1. The first-order valence-electron chi connectivity index (χ1n) is 2.49. The van der Waals surface area contributed by atoms with Crippen molar-refractivity contribution in [3.8, 4) is 0 Å². The molecule has 1 fully saturated rings. The minimum atomic E-state index is -0.486. The number of carbonyl (C=O) groups is 1. The summed E-state index contributed by atoms with van der Waals surface area (Å²) in [7, 11) is 3.39. The molecule has 3 heteroatoms. The fourth-order valence-corrected chi connectivity index (χ4v) is 0.751. The van der Waals surface area contributed by atoms with E-state index >= 15 is 0 Å². The molecule has 3 nitrogen and oxygen atoms in total. The van der Waals surface area contributed by atoms with Crippen LogP contribution in [-0.4, -0.2) is 28.6 Å². The number of amides is 1. The van der Waals surface area contributed by atoms with Crippen LogP contribution >= 0.6 is 0 Å². The molecule has 0 bridgehead atoms. The third-order valence-electron chi connectivity index (χ3n) is 1.19. The summed E-state index contributed by atoms with van der Waals surface area (Å²) < 4.78 is 0. The van der Waals surface area contributed by atoms with Crippen molar-refractivity contribution in [2.75, 3.05) is 6.54 Å². The van der Waals surface area contributed by atoms with Crippen LogP contribution in [0.2, 0.25) is 0 Å². The molecule has 0 saturated carbocycles. The molecular formula is C5H8NO2. The zero-order valence-electron chi connectivity index (χ0n) is 4.50. The number of rotatable bonds is 0. The van der Waals surface area contributed by atoms with E-state index in [1.807, 2.05) is 0 Å². The maximum absolute atomic E-state index is 10.5. The van der Waals surface area contributed by atoms with Crippen LogP contribution in [0.1, 0.15) is 6.42 Å². The second-order valence-corrected chi connectivity index (χ2v) is 1.97. The summed E-state index contributed by atoms with van der Waals surface area (Å²) in [5.41, 5.74) is 0. The van der Waals surface area contributed by atoms with Gasteiger partial charge in [-0.1, -0.05) is 0 Å². The SMILES string of the molecule is [CH2]N1CC(O)CC1=O. The van der Waals surface area contributed by atoms with Crippen LogP contribution in [0.5, 0.6) is 0 Å². The number of carbonyl (C=O) groups excluding carboxylic acids is 1. The molecule has 0 aliphatic carbocycles. The first-order valence-corrected chi connectivity index (χ1v) is 2.49. The summed E-state index contributed by atoms with van der Waals surface area (Å²) in [5.74, 6) is -0.0718. The van der Waals surface area contributed by atoms with Crippen molar-refractivity contribution in [1.82, 2.24) is 4.90 Å². The molecule has 8 heavy (non-hydrogen) atoms. The normalized spacial score (nSPS) is 29.5. The molecule has 1 aliphatic rings. The van der Waals surface area contributed by atoms with Crippen LogP contribution in [-0.2, 0) is 4.79 Å². The van der Waals surface area contributed by atoms with E-state index in [-0.39, 0.29) is 12.3 Å². The van der Waals surface area contributed by atoms with Crippen molar-refractivity contribution >= 4 is 5.91 Å². The number of hydrogen-bond acceptors (Lipinski definition) is 2. The van der Waals surface area contributed by atoms with E-state index in [1.54, 1.807) is 0 Å². The molecule has 45 valence electrons. The van der Waals surface area contributed by atoms with E-state index in [0.29, 0.717) is 6.54 Å². The molecule has 1 aliphatic heterocycles. The van der Waals surface area contributed by atoms with Crippen LogP contribution in [0.25, 0.3) is 0 Å². The Morgan fingerprint density at radius 3 is 2.62 bits per heavy atom. The van der Waals surface area contributed by atoms with Gasteiger partial charge in [0.1, 0.15) is 0 Å². The minimum Gasteiger partial charge on any atom is -0.391 e. The fourth-order valence-electron chi connectivity index (χ4n) is 0.751. The molecule has 1 N–H and O–H groups in total. The first kappa shape index (κ1) is 5.56. The molecule has 0 aromatic rings. The van der Waals surface area contributed by atoms with Gasteiger partial charge in [-0.05, 0) is 0 Å². The zero-order valence-corrected chi connectivity index (χ0v) is 4.50. The predicted octanol–water partition coefficient (Wildman–Crippen LogP) is -0.629. The molecule has 1 rings (SSSR count). The summed E-state index contributed by atoms with van der Waals surface area (Å²) >= 11 is 0. The topological polar surface area (TPSA) is 40.5 Å². The molecule has 0 aromatic carbocycles. The largest absolute Gasteiger partial charge is 0.391 e. The van der Waals surface area contributed by atoms with E-state index in [0.717, 1.165) is 0 Å². The number of likely N-dealkylation sites (tertiary alicyclic amines) is 1. The van der Waals surface area contributed by atoms with Crippen LogP contribution in [0, 0.1) is 7.05 Å². The molecule has 1 amide bonds. The predicted molar refractivity (Wildman–Crippen MR) is 27.7 cm³/mol. The highest BCUT2D eigenvalue weighted by Gasteiger charge is 2.24. The third kappa shape index (κ3) is 0.816. The second kappa shape index (κ2) is 1.74. The van der Waals surface area contributed by atoms with Gasteiger partial charge < -0.3 is 10.0 Å². The zero-order chi connectivity index (χ0) is 6.15. The van der Waals surface area contributed by atoms with Crippen LogP contribution in [0.4, 0.5) is 0 Å². The van der Waals surface area contributed by atoms with Crippen LogP contribution in [0.3, 0.4) is 0 Å². The molecule has 0 aromatic heterocycles. The highest BCUT2D eigenvalue weighted by atomic mass is 16.3. The van der Waals surface area contributed by atoms with Crippen LogP contribution in [0.15, 0.2) is 0 Å². The standard InChI is InChI=1S/C5H8NO2/c1-6-3-4(7)2-5(6)8/h4,7H,1-3H2. The quantitative estimate of drug-likeness (QED) is 0.455. The Bertz CT molecular complexity index is 113. The smallest absolute Gasteiger partial charge is 0.225 e. The number of aliphatic hydroxyl groups excluding tert-OH is 1. The lowest BCUT2D eigenvalue weighted by Crippen LogP contribution is -2.17. The maximum atomic E-state index is 10.5. The second-order valence-electron chi connectivity index (χ2n) is 1.97. The Morgan fingerprint density at radius 2 is 2.50 bits per heavy atom. The van der Waals surface area contributed by atoms with Gasteiger partial charge in [0.05, 0.1) is 12.5 Å². The molecular weight excluding hydrogens is 106 g/mol. The number of β-amino-alcohol motifs (C(OH)–C–C–N with tert-alkyl or cyclic N) is 1. The monoisotopic (exact) mass is 114 g/mol. The highest BCUT2D eigenvalue weighted by Crippen LogP contribution is 2.07. The lowest BCUT2D eigenvalue weighted by molar-refractivity contribution is -0.125. The van der Waals surface area contributed by atoms with Crippen molar-refractivity contribution < 1.29 is 9.90 Å². The first-order chi connectivity index (χ1) is 3.70. The molecule has 1 saturated heterocycles. The van der Waals surface area contributed by atoms with E-state index in [9.17, 15) is 4.79 Å². The van der Waals surface area contributed by atoms with Gasteiger partial charge in [-0.15, -0.1) is 0 Å². The summed E-state index contributed by atoms with van der Waals surface area (Å²) in [6.07, 6.45) is -0.247. The Kier molecular flexibility index (Phi) is 1.21. The summed E-state index contributed by atoms with van der Waals surface area (Å²) in [6.45, 7) is 0.388. The van der Waals surface area contributed by atoms with Crippen molar-refractivity contribution in [2.24, 2.45) is 0 Å². The Hall–Kier alpha value is -0.570. The summed E-state index contributed by atoms with van der Waals surface area (Å²) in [6, 6.07) is 0. The van der Waals surface area contributed by atoms with Crippen molar-refractivity contribution in [3.05, 3.63) is 7.05 Å². The third-order valence-corrected chi connectivity index (χ3v) is 1.19. The minimum absolute atomic E-state index is 0.0718. The summed E-state index contributed by atoms with van der Waals surface area (Å²) in [4.78, 5) is 11.8. The summed E-state index contributed by atoms with van der Waals surface area (Å²) in [5, 5.41) is 8.77. The average molecular weight is 114 g/mol. The van der Waals surface area contributed by atoms with E-state index in [4.69, 9.17) is 5.11 Å². The average Bonchev–Trinajstić information content (AvgIpc) is 1.85. The highest BCUT2D eigenvalue weighted by molar-refractivity contribution is 5.79. The van der Waals surface area contributed by atoms with Gasteiger partial charge in [-0.2, -0.15) is 0 Å². The molecule has 1 radical (unpaired) electrons. The van der Waals surface area contributed by atoms with E-state index in [2.05, 4.69) is 7.05 Å². The van der Waals surface area contributed by atoms with Gasteiger partial charge in [0.15, 0.2) is 0 Å². The van der Waals surface area contributed by atoms with Gasteiger partial charge in [0.25, 0.3) is 0 Å². The van der Waals surface area contributed by atoms with Crippen molar-refractivity contribution in [2.45, 2.75) is 12.5 Å². The lowest BCUT2D eigenvalue weighted by Gasteiger charge is -2.03. The number of hydrogen-bond donors (Lipinski definition) is 1. The Balaban J connectivity index is 2.51. The molecule has 1 unspecified atom stereocenters. The Morgan fingerprint density at radius 1 is 1.88 bits per heavy atom. The molecule has 1 atom stereocenters. The maximum Gasteiger partial charge on any atom is 0.225 e. The van der Waals surface area contributed by atoms with Gasteiger partial charge in [-0.25, -0.2) is 0 Å². The fraction of sp³-hybridized carbons (Fsp3) is 0.600. The van der Waals surface area contributed by atoms with Gasteiger partial charge in [0.2, 0.25) is 5.91 Å². The van der Waals surface area contributed by atoms with Crippen LogP contribution < -0.4 is 0 Å². The van der Waals surface area contributed by atoms with Crippen molar-refractivity contribution in [1.29, 1.82) is 0 Å². The van der Waals surface area contributed by atoms with Gasteiger partial charge >= 0.3 is 0 Å². The van der Waals surface area contributed by atoms with Gasteiger partial charge in [-0.3, -0.25) is 4.79 Å².